The number of rotatable bonds is 9. The van der Waals surface area contributed by atoms with E-state index in [4.69, 9.17) is 17.3 Å². The topological polar surface area (TPSA) is 142 Å². The number of anilines is 1. The Balaban J connectivity index is 1.65. The van der Waals surface area contributed by atoms with E-state index < -0.39 is 30.1 Å². The van der Waals surface area contributed by atoms with Crippen molar-refractivity contribution in [2.24, 2.45) is 5.73 Å². The van der Waals surface area contributed by atoms with Crippen molar-refractivity contribution < 1.29 is 18.3 Å². The lowest BCUT2D eigenvalue weighted by atomic mass is 10.1. The first-order chi connectivity index (χ1) is 17.8. The molecule has 0 bridgehead atoms. The van der Waals surface area contributed by atoms with E-state index in [1.807, 2.05) is 13.8 Å². The van der Waals surface area contributed by atoms with Crippen LogP contribution < -0.4 is 16.7 Å². The van der Waals surface area contributed by atoms with Crippen LogP contribution in [0.25, 0.3) is 17.1 Å². The molecule has 4 aromatic rings. The maximum Gasteiger partial charge on any atom is 0.416 e. The summed E-state index contributed by atoms with van der Waals surface area (Å²) < 4.78 is 42.4. The van der Waals surface area contributed by atoms with E-state index in [1.165, 1.54) is 35.3 Å². The van der Waals surface area contributed by atoms with Gasteiger partial charge in [-0.05, 0) is 44.2 Å². The molecule has 202 valence electrons. The van der Waals surface area contributed by atoms with Crippen LogP contribution in [0.3, 0.4) is 0 Å². The SMILES string of the molecule is CC(C)(N)CNc1ccncc1-n1cnc(Cn2nc(-c3ccc(Cl)cc3)n(CC(O)C(F)(F)F)c2=O)n1. The van der Waals surface area contributed by atoms with Crippen LogP contribution in [-0.4, -0.2) is 63.6 Å². The molecule has 38 heavy (non-hydrogen) atoms. The molecule has 1 aromatic carbocycles. The molecular weight excluding hydrogens is 527 g/mol. The summed E-state index contributed by atoms with van der Waals surface area (Å²) in [7, 11) is 0. The molecule has 0 saturated heterocycles. The average molecular weight is 552 g/mol. The van der Waals surface area contributed by atoms with Crippen molar-refractivity contribution >= 4 is 17.3 Å². The highest BCUT2D eigenvalue weighted by atomic mass is 35.5. The van der Waals surface area contributed by atoms with Crippen LogP contribution in [0, 0.1) is 0 Å². The van der Waals surface area contributed by atoms with Gasteiger partial charge in [0.1, 0.15) is 18.6 Å². The Morgan fingerprint density at radius 1 is 1.16 bits per heavy atom. The van der Waals surface area contributed by atoms with Gasteiger partial charge in [0.2, 0.25) is 0 Å². The second-order valence-electron chi connectivity index (χ2n) is 9.28. The average Bonchev–Trinajstić information content (AvgIpc) is 3.43. The van der Waals surface area contributed by atoms with Gasteiger partial charge in [-0.3, -0.25) is 9.55 Å². The van der Waals surface area contributed by atoms with Gasteiger partial charge in [-0.1, -0.05) is 11.6 Å². The van der Waals surface area contributed by atoms with E-state index in [0.717, 1.165) is 9.25 Å². The van der Waals surface area contributed by atoms with Gasteiger partial charge >= 0.3 is 11.9 Å². The van der Waals surface area contributed by atoms with Crippen LogP contribution in [-0.2, 0) is 13.1 Å². The number of nitrogens with two attached hydrogens (primary N) is 1. The summed E-state index contributed by atoms with van der Waals surface area (Å²) in [5, 5.41) is 21.9. The number of pyridine rings is 1. The molecular formula is C23H25ClF3N9O2. The third-order valence-electron chi connectivity index (χ3n) is 5.37. The molecule has 4 rings (SSSR count). The van der Waals surface area contributed by atoms with Crippen LogP contribution in [0.2, 0.25) is 5.02 Å². The number of nitrogens with zero attached hydrogens (tertiary/aromatic N) is 7. The molecule has 15 heteroatoms. The summed E-state index contributed by atoms with van der Waals surface area (Å²) in [6.45, 7) is 2.94. The van der Waals surface area contributed by atoms with E-state index in [-0.39, 0.29) is 18.2 Å². The van der Waals surface area contributed by atoms with E-state index in [0.29, 0.717) is 28.5 Å². The number of halogens is 4. The van der Waals surface area contributed by atoms with Crippen LogP contribution in [0.15, 0.2) is 53.8 Å². The Kier molecular flexibility index (Phi) is 7.58. The molecule has 1 atom stereocenters. The standard InChI is InChI=1S/C23H25ClF3N9O2/c1-22(2,28)12-30-16-7-8-29-9-17(16)36-13-31-19(32-36)11-35-21(38)34(10-18(37)23(25,26)27)20(33-35)14-3-5-15(24)6-4-14/h3-9,13,18,37H,10-12,28H2,1-2H3,(H,29,30). The lowest BCUT2D eigenvalue weighted by Gasteiger charge is -2.20. The zero-order valence-corrected chi connectivity index (χ0v) is 21.1. The number of aliphatic hydroxyl groups excluding tert-OH is 1. The van der Waals surface area contributed by atoms with Crippen LogP contribution >= 0.6 is 11.6 Å². The van der Waals surface area contributed by atoms with Crippen molar-refractivity contribution in [3.63, 3.8) is 0 Å². The molecule has 0 radical (unpaired) electrons. The molecule has 4 N–H and O–H groups in total. The van der Waals surface area contributed by atoms with Crippen molar-refractivity contribution in [2.45, 2.75) is 44.8 Å². The number of hydrogen-bond acceptors (Lipinski definition) is 8. The highest BCUT2D eigenvalue weighted by molar-refractivity contribution is 6.30. The fraction of sp³-hybridized carbons (Fsp3) is 0.348. The third kappa shape index (κ3) is 6.38. The molecule has 0 saturated carbocycles. The van der Waals surface area contributed by atoms with E-state index >= 15 is 0 Å². The number of nitrogens with one attached hydrogen (secondary N) is 1. The predicted molar refractivity (Wildman–Crippen MR) is 134 cm³/mol. The van der Waals surface area contributed by atoms with Crippen molar-refractivity contribution in [1.82, 2.24) is 34.1 Å². The van der Waals surface area contributed by atoms with E-state index in [1.54, 1.807) is 18.5 Å². The summed E-state index contributed by atoms with van der Waals surface area (Å²) in [5.74, 6) is 0.0993. The Labute approximate surface area is 219 Å². The highest BCUT2D eigenvalue weighted by Crippen LogP contribution is 2.24. The minimum absolute atomic E-state index is 0.0717. The van der Waals surface area contributed by atoms with Crippen molar-refractivity contribution in [3.05, 3.63) is 70.4 Å². The fourth-order valence-electron chi connectivity index (χ4n) is 3.46. The minimum Gasteiger partial charge on any atom is -0.382 e. The van der Waals surface area contributed by atoms with Crippen LogP contribution in [0.5, 0.6) is 0 Å². The molecule has 1 unspecified atom stereocenters. The second-order valence-corrected chi connectivity index (χ2v) is 9.72. The van der Waals surface area contributed by atoms with Crippen molar-refractivity contribution in [3.8, 4) is 17.1 Å². The smallest absolute Gasteiger partial charge is 0.382 e. The van der Waals surface area contributed by atoms with Gasteiger partial charge in [0, 0.05) is 28.9 Å². The van der Waals surface area contributed by atoms with E-state index in [9.17, 15) is 23.1 Å². The molecule has 0 amide bonds. The number of alkyl halides is 3. The number of benzene rings is 1. The molecule has 3 aromatic heterocycles. The van der Waals surface area contributed by atoms with Gasteiger partial charge in [-0.2, -0.15) is 13.2 Å². The predicted octanol–water partition coefficient (Wildman–Crippen LogP) is 2.46. The summed E-state index contributed by atoms with van der Waals surface area (Å²) in [6.07, 6.45) is -3.10. The number of aromatic nitrogens is 7. The summed E-state index contributed by atoms with van der Waals surface area (Å²) in [6, 6.07) is 7.80. The first kappa shape index (κ1) is 27.3. The first-order valence-electron chi connectivity index (χ1n) is 11.4. The monoisotopic (exact) mass is 551 g/mol. The largest absolute Gasteiger partial charge is 0.416 e. The van der Waals surface area contributed by atoms with Gasteiger partial charge in [0.25, 0.3) is 0 Å². The molecule has 0 aliphatic heterocycles. The fourth-order valence-corrected chi connectivity index (χ4v) is 3.58. The summed E-state index contributed by atoms with van der Waals surface area (Å²) in [5.41, 5.74) is 6.32. The van der Waals surface area contributed by atoms with Gasteiger partial charge in [-0.15, -0.1) is 10.2 Å². The minimum atomic E-state index is -4.92. The Hall–Kier alpha value is -3.75. The number of aliphatic hydroxyl groups is 1. The Morgan fingerprint density at radius 3 is 2.53 bits per heavy atom. The lowest BCUT2D eigenvalue weighted by molar-refractivity contribution is -0.207. The van der Waals surface area contributed by atoms with E-state index in [2.05, 4.69) is 25.5 Å². The molecule has 0 fully saturated rings. The zero-order chi connectivity index (χ0) is 27.7. The zero-order valence-electron chi connectivity index (χ0n) is 20.4. The van der Waals surface area contributed by atoms with Crippen LogP contribution in [0.4, 0.5) is 18.9 Å². The third-order valence-corrected chi connectivity index (χ3v) is 5.62. The van der Waals surface area contributed by atoms with Gasteiger partial charge in [0.15, 0.2) is 17.8 Å². The lowest BCUT2D eigenvalue weighted by Crippen LogP contribution is -2.39. The van der Waals surface area contributed by atoms with Gasteiger partial charge < -0.3 is 16.2 Å². The second kappa shape index (κ2) is 10.6. The Morgan fingerprint density at radius 2 is 1.87 bits per heavy atom. The molecule has 0 aliphatic carbocycles. The highest BCUT2D eigenvalue weighted by Gasteiger charge is 2.39. The number of hydrogen-bond donors (Lipinski definition) is 3. The molecule has 11 nitrogen and oxygen atoms in total. The van der Waals surface area contributed by atoms with Crippen molar-refractivity contribution in [2.75, 3.05) is 11.9 Å². The van der Waals surface area contributed by atoms with Gasteiger partial charge in [-0.25, -0.2) is 19.1 Å². The normalized spacial score (nSPS) is 13.1. The first-order valence-corrected chi connectivity index (χ1v) is 11.8. The Bertz CT molecular complexity index is 1460. The molecule has 3 heterocycles. The maximum atomic E-state index is 13.1. The summed E-state index contributed by atoms with van der Waals surface area (Å²) in [4.78, 5) is 21.4. The summed E-state index contributed by atoms with van der Waals surface area (Å²) >= 11 is 5.92. The van der Waals surface area contributed by atoms with Crippen LogP contribution in [0.1, 0.15) is 19.7 Å². The quantitative estimate of drug-likeness (QED) is 0.288. The molecule has 0 aliphatic rings. The van der Waals surface area contributed by atoms with Crippen molar-refractivity contribution in [1.29, 1.82) is 0 Å². The maximum absolute atomic E-state index is 13.1. The molecule has 0 spiro atoms. The van der Waals surface area contributed by atoms with Gasteiger partial charge in [0.05, 0.1) is 18.4 Å².